The molecular weight excluding hydrogens is 354 g/mol. The summed E-state index contributed by atoms with van der Waals surface area (Å²) in [5.41, 5.74) is 0.0329. The Morgan fingerprint density at radius 1 is 1.11 bits per heavy atom. The van der Waals surface area contributed by atoms with Gasteiger partial charge in [-0.1, -0.05) is 18.2 Å². The number of imide groups is 1. The maximum absolute atomic E-state index is 12.2. The molecule has 0 aliphatic rings. The van der Waals surface area contributed by atoms with Crippen molar-refractivity contribution in [1.29, 1.82) is 0 Å². The van der Waals surface area contributed by atoms with Crippen molar-refractivity contribution in [2.75, 3.05) is 6.61 Å². The van der Waals surface area contributed by atoms with Crippen molar-refractivity contribution in [1.82, 2.24) is 15.6 Å². The van der Waals surface area contributed by atoms with Crippen LogP contribution in [0, 0.1) is 0 Å². The molecule has 3 rings (SSSR count). The molecule has 0 aliphatic carbocycles. The van der Waals surface area contributed by atoms with E-state index < -0.39 is 30.1 Å². The van der Waals surface area contributed by atoms with Crippen molar-refractivity contribution in [3.8, 4) is 0 Å². The Labute approximate surface area is 152 Å². The molecule has 0 saturated heterocycles. The van der Waals surface area contributed by atoms with Crippen LogP contribution in [0.5, 0.6) is 0 Å². The number of carbonyl (C=O) groups excluding carboxylic acids is 3. The molecule has 3 amide bonds. The van der Waals surface area contributed by atoms with E-state index in [0.717, 1.165) is 6.07 Å². The molecule has 0 radical (unpaired) electrons. The van der Waals surface area contributed by atoms with Gasteiger partial charge in [0.05, 0.1) is 18.4 Å². The van der Waals surface area contributed by atoms with Crippen LogP contribution in [-0.2, 0) is 16.1 Å². The van der Waals surface area contributed by atoms with Crippen molar-refractivity contribution in [3.05, 3.63) is 70.4 Å². The van der Waals surface area contributed by atoms with Gasteiger partial charge in [-0.3, -0.25) is 14.9 Å². The zero-order valence-corrected chi connectivity index (χ0v) is 14.0. The SMILES string of the molecule is O=C(COC(=O)c1cc(=O)[nH]c2ccccc12)NC(=O)NCc1ccco1. The van der Waals surface area contributed by atoms with Gasteiger partial charge in [-0.25, -0.2) is 9.59 Å². The molecule has 0 atom stereocenters. The minimum Gasteiger partial charge on any atom is -0.467 e. The number of pyridine rings is 1. The number of para-hydroxylation sites is 1. The molecule has 2 aromatic heterocycles. The monoisotopic (exact) mass is 369 g/mol. The summed E-state index contributed by atoms with van der Waals surface area (Å²) in [6.07, 6.45) is 1.46. The van der Waals surface area contributed by atoms with E-state index in [1.54, 1.807) is 36.4 Å². The average Bonchev–Trinajstić information content (AvgIpc) is 3.17. The fraction of sp³-hybridized carbons (Fsp3) is 0.111. The summed E-state index contributed by atoms with van der Waals surface area (Å²) in [4.78, 5) is 49.8. The molecular formula is C18H15N3O6. The third kappa shape index (κ3) is 4.60. The molecule has 138 valence electrons. The van der Waals surface area contributed by atoms with Crippen LogP contribution in [0.2, 0.25) is 0 Å². The largest absolute Gasteiger partial charge is 0.467 e. The highest BCUT2D eigenvalue weighted by atomic mass is 16.5. The molecule has 1 aromatic carbocycles. The maximum atomic E-state index is 12.2. The van der Waals surface area contributed by atoms with E-state index >= 15 is 0 Å². The van der Waals surface area contributed by atoms with Gasteiger partial charge in [-0.15, -0.1) is 0 Å². The van der Waals surface area contributed by atoms with E-state index in [-0.39, 0.29) is 12.1 Å². The smallest absolute Gasteiger partial charge is 0.339 e. The van der Waals surface area contributed by atoms with Crippen molar-refractivity contribution in [2.45, 2.75) is 6.54 Å². The topological polar surface area (TPSA) is 130 Å². The summed E-state index contributed by atoms with van der Waals surface area (Å²) < 4.78 is 9.94. The maximum Gasteiger partial charge on any atom is 0.339 e. The first kappa shape index (κ1) is 17.9. The zero-order valence-electron chi connectivity index (χ0n) is 14.0. The van der Waals surface area contributed by atoms with Crippen LogP contribution in [0.25, 0.3) is 10.9 Å². The molecule has 0 unspecified atom stereocenters. The number of fused-ring (bicyclic) bond motifs is 1. The number of aromatic amines is 1. The lowest BCUT2D eigenvalue weighted by molar-refractivity contribution is -0.123. The molecule has 2 heterocycles. The Balaban J connectivity index is 1.55. The normalized spacial score (nSPS) is 10.4. The molecule has 0 fully saturated rings. The van der Waals surface area contributed by atoms with E-state index in [1.165, 1.54) is 6.26 Å². The van der Waals surface area contributed by atoms with Gasteiger partial charge in [-0.2, -0.15) is 0 Å². The number of urea groups is 1. The first-order valence-electron chi connectivity index (χ1n) is 7.92. The minimum absolute atomic E-state index is 0.0319. The Bertz CT molecular complexity index is 1040. The lowest BCUT2D eigenvalue weighted by atomic mass is 10.1. The van der Waals surface area contributed by atoms with Gasteiger partial charge in [0.2, 0.25) is 5.56 Å². The van der Waals surface area contributed by atoms with Crippen LogP contribution in [0.15, 0.2) is 57.9 Å². The highest BCUT2D eigenvalue weighted by Crippen LogP contribution is 2.15. The van der Waals surface area contributed by atoms with E-state index in [1.807, 2.05) is 5.32 Å². The molecule has 0 saturated carbocycles. The summed E-state index contributed by atoms with van der Waals surface area (Å²) in [6.45, 7) is -0.571. The lowest BCUT2D eigenvalue weighted by Gasteiger charge is -2.08. The number of furan rings is 1. The second-order valence-electron chi connectivity index (χ2n) is 5.48. The number of esters is 1. The number of hydrogen-bond acceptors (Lipinski definition) is 6. The third-order valence-electron chi connectivity index (χ3n) is 3.56. The number of ether oxygens (including phenoxy) is 1. The van der Waals surface area contributed by atoms with Crippen LogP contribution in [0.4, 0.5) is 4.79 Å². The highest BCUT2D eigenvalue weighted by Gasteiger charge is 2.16. The quantitative estimate of drug-likeness (QED) is 0.581. The van der Waals surface area contributed by atoms with Gasteiger partial charge in [0.25, 0.3) is 5.91 Å². The molecule has 3 aromatic rings. The van der Waals surface area contributed by atoms with Crippen molar-refractivity contribution in [3.63, 3.8) is 0 Å². The number of H-pyrrole nitrogens is 1. The summed E-state index contributed by atoms with van der Waals surface area (Å²) >= 11 is 0. The van der Waals surface area contributed by atoms with E-state index in [0.29, 0.717) is 16.7 Å². The standard InChI is InChI=1S/C18H15N3O6/c22-15-8-13(12-5-1-2-6-14(12)20-15)17(24)27-10-16(23)21-18(25)19-9-11-4-3-7-26-11/h1-8H,9-10H2,(H,20,22)(H2,19,21,23,25). The number of aromatic nitrogens is 1. The molecule has 0 bridgehead atoms. The van der Waals surface area contributed by atoms with Crippen molar-refractivity contribution >= 4 is 28.8 Å². The fourth-order valence-electron chi connectivity index (χ4n) is 2.37. The van der Waals surface area contributed by atoms with E-state index in [4.69, 9.17) is 9.15 Å². The van der Waals surface area contributed by atoms with Crippen LogP contribution >= 0.6 is 0 Å². The van der Waals surface area contributed by atoms with E-state index in [2.05, 4.69) is 10.3 Å². The zero-order chi connectivity index (χ0) is 19.2. The van der Waals surface area contributed by atoms with Gasteiger partial charge in [0, 0.05) is 17.0 Å². The third-order valence-corrected chi connectivity index (χ3v) is 3.56. The number of amides is 3. The Morgan fingerprint density at radius 2 is 1.93 bits per heavy atom. The van der Waals surface area contributed by atoms with Crippen LogP contribution in [-0.4, -0.2) is 29.5 Å². The van der Waals surface area contributed by atoms with Crippen molar-refractivity contribution in [2.24, 2.45) is 0 Å². The van der Waals surface area contributed by atoms with Gasteiger partial charge in [0.15, 0.2) is 6.61 Å². The minimum atomic E-state index is -0.844. The molecule has 3 N–H and O–H groups in total. The summed E-state index contributed by atoms with van der Waals surface area (Å²) in [5, 5.41) is 4.92. The molecule has 0 aliphatic heterocycles. The van der Waals surface area contributed by atoms with Crippen LogP contribution in [0.1, 0.15) is 16.1 Å². The molecule has 0 spiro atoms. The van der Waals surface area contributed by atoms with Gasteiger partial charge in [0.1, 0.15) is 5.76 Å². The van der Waals surface area contributed by atoms with Gasteiger partial charge in [-0.05, 0) is 18.2 Å². The average molecular weight is 369 g/mol. The number of carbonyl (C=O) groups is 3. The van der Waals surface area contributed by atoms with Gasteiger partial charge < -0.3 is 19.5 Å². The molecule has 27 heavy (non-hydrogen) atoms. The van der Waals surface area contributed by atoms with Crippen LogP contribution < -0.4 is 16.2 Å². The number of nitrogens with one attached hydrogen (secondary N) is 3. The molecule has 9 nitrogen and oxygen atoms in total. The molecule has 9 heteroatoms. The summed E-state index contributed by atoms with van der Waals surface area (Å²) in [5.74, 6) is -1.14. The summed E-state index contributed by atoms with van der Waals surface area (Å²) in [7, 11) is 0. The number of benzene rings is 1. The highest BCUT2D eigenvalue weighted by molar-refractivity contribution is 6.04. The van der Waals surface area contributed by atoms with Gasteiger partial charge >= 0.3 is 12.0 Å². The predicted molar refractivity (Wildman–Crippen MR) is 93.9 cm³/mol. The number of rotatable bonds is 5. The lowest BCUT2D eigenvalue weighted by Crippen LogP contribution is -2.41. The van der Waals surface area contributed by atoms with Crippen molar-refractivity contribution < 1.29 is 23.5 Å². The second-order valence-corrected chi connectivity index (χ2v) is 5.48. The second kappa shape index (κ2) is 8.00. The Morgan fingerprint density at radius 3 is 2.70 bits per heavy atom. The first-order valence-corrected chi connectivity index (χ1v) is 7.92. The Kier molecular flexibility index (Phi) is 5.31. The predicted octanol–water partition coefficient (Wildman–Crippen LogP) is 1.30. The Hall–Kier alpha value is -3.88. The fourth-order valence-corrected chi connectivity index (χ4v) is 2.37. The number of hydrogen-bond donors (Lipinski definition) is 3. The van der Waals surface area contributed by atoms with Crippen LogP contribution in [0.3, 0.4) is 0 Å². The summed E-state index contributed by atoms with van der Waals surface area (Å²) in [6, 6.07) is 10.4. The first-order chi connectivity index (χ1) is 13.0. The van der Waals surface area contributed by atoms with E-state index in [9.17, 15) is 19.2 Å².